The summed E-state index contributed by atoms with van der Waals surface area (Å²) in [6.45, 7) is 1.69. The Labute approximate surface area is 56.0 Å². The van der Waals surface area contributed by atoms with Crippen LogP contribution in [0.5, 0.6) is 0 Å². The number of hydrogen-bond acceptors (Lipinski definition) is 2. The highest BCUT2D eigenvalue weighted by molar-refractivity contribution is 9.09. The second kappa shape index (κ2) is 3.04. The van der Waals surface area contributed by atoms with Gasteiger partial charge in [0.1, 0.15) is 6.04 Å². The van der Waals surface area contributed by atoms with E-state index in [1.54, 1.807) is 6.92 Å². The van der Waals surface area contributed by atoms with Gasteiger partial charge in [-0.3, -0.25) is 4.79 Å². The first-order valence-electron chi connectivity index (χ1n) is 2.18. The smallest absolute Gasteiger partial charge is 0.321 e. The van der Waals surface area contributed by atoms with Gasteiger partial charge in [0.25, 0.3) is 0 Å². The number of halogens is 1. The number of nitrogens with two attached hydrogens (primary N) is 1. The third kappa shape index (κ3) is 2.28. The zero-order valence-corrected chi connectivity index (χ0v) is 6.05. The van der Waals surface area contributed by atoms with Crippen molar-refractivity contribution in [3.63, 3.8) is 0 Å². The lowest BCUT2D eigenvalue weighted by Crippen LogP contribution is -2.36. The molecule has 3 nitrogen and oxygen atoms in total. The van der Waals surface area contributed by atoms with E-state index in [1.165, 1.54) is 0 Å². The van der Waals surface area contributed by atoms with Gasteiger partial charge < -0.3 is 10.8 Å². The van der Waals surface area contributed by atoms with E-state index in [0.29, 0.717) is 0 Å². The number of aliphatic carboxylic acids is 1. The molecular formula is C4H8BrNO2. The Morgan fingerprint density at radius 3 is 2.25 bits per heavy atom. The molecule has 1 unspecified atom stereocenters. The van der Waals surface area contributed by atoms with E-state index in [2.05, 4.69) is 15.9 Å². The van der Waals surface area contributed by atoms with Crippen LogP contribution in [0.4, 0.5) is 0 Å². The van der Waals surface area contributed by atoms with Crippen LogP contribution >= 0.6 is 15.9 Å². The molecule has 0 aromatic heterocycles. The van der Waals surface area contributed by atoms with Crippen molar-refractivity contribution in [1.29, 1.82) is 0 Å². The SMILES string of the molecule is CC(Br)[C@H](N)C(=O)O. The lowest BCUT2D eigenvalue weighted by molar-refractivity contribution is -0.138. The molecule has 2 atom stereocenters. The second-order valence-electron chi connectivity index (χ2n) is 1.54. The van der Waals surface area contributed by atoms with Crippen molar-refractivity contribution < 1.29 is 9.90 Å². The maximum Gasteiger partial charge on any atom is 0.321 e. The summed E-state index contributed by atoms with van der Waals surface area (Å²) in [6.07, 6.45) is 0. The number of carboxylic acid groups (broad SMARTS) is 1. The van der Waals surface area contributed by atoms with E-state index in [1.807, 2.05) is 0 Å². The summed E-state index contributed by atoms with van der Waals surface area (Å²) in [5.41, 5.74) is 5.11. The molecule has 4 heteroatoms. The van der Waals surface area contributed by atoms with Crippen molar-refractivity contribution in [1.82, 2.24) is 0 Å². The minimum absolute atomic E-state index is 0.167. The summed E-state index contributed by atoms with van der Waals surface area (Å²) in [6, 6.07) is -0.796. The average molecular weight is 182 g/mol. The zero-order chi connectivity index (χ0) is 6.73. The average Bonchev–Trinajstić information content (AvgIpc) is 1.64. The quantitative estimate of drug-likeness (QED) is 0.598. The molecule has 0 rings (SSSR count). The summed E-state index contributed by atoms with van der Waals surface area (Å²) in [4.78, 5) is 9.82. The van der Waals surface area contributed by atoms with E-state index in [-0.39, 0.29) is 4.83 Å². The number of hydrogen-bond donors (Lipinski definition) is 2. The minimum Gasteiger partial charge on any atom is -0.480 e. The maximum atomic E-state index is 9.99. The fraction of sp³-hybridized carbons (Fsp3) is 0.750. The van der Waals surface area contributed by atoms with Crippen LogP contribution in [0.2, 0.25) is 0 Å². The van der Waals surface area contributed by atoms with Crippen LogP contribution in [0.15, 0.2) is 0 Å². The normalized spacial score (nSPS) is 17.4. The molecule has 48 valence electrons. The van der Waals surface area contributed by atoms with Crippen molar-refractivity contribution in [2.45, 2.75) is 17.8 Å². The van der Waals surface area contributed by atoms with E-state index < -0.39 is 12.0 Å². The van der Waals surface area contributed by atoms with Crippen LogP contribution in [0.25, 0.3) is 0 Å². The first-order valence-corrected chi connectivity index (χ1v) is 3.09. The Balaban J connectivity index is 3.64. The Kier molecular flexibility index (Phi) is 3.01. The molecule has 0 saturated carbocycles. The predicted molar refractivity (Wildman–Crippen MR) is 34.0 cm³/mol. The number of carbonyl (C=O) groups is 1. The molecule has 0 amide bonds. The van der Waals surface area contributed by atoms with Crippen molar-refractivity contribution in [2.75, 3.05) is 0 Å². The molecule has 0 fully saturated rings. The summed E-state index contributed by atoms with van der Waals surface area (Å²) in [5.74, 6) is -0.977. The lowest BCUT2D eigenvalue weighted by Gasteiger charge is -2.06. The lowest BCUT2D eigenvalue weighted by atomic mass is 10.2. The largest absolute Gasteiger partial charge is 0.480 e. The number of carboxylic acids is 1. The molecule has 0 aromatic carbocycles. The molecule has 0 aromatic rings. The van der Waals surface area contributed by atoms with Crippen LogP contribution in [-0.2, 0) is 4.79 Å². The molecule has 0 bridgehead atoms. The van der Waals surface area contributed by atoms with Gasteiger partial charge in [0.2, 0.25) is 0 Å². The van der Waals surface area contributed by atoms with Gasteiger partial charge >= 0.3 is 5.97 Å². The van der Waals surface area contributed by atoms with Crippen LogP contribution in [0, 0.1) is 0 Å². The van der Waals surface area contributed by atoms with Gasteiger partial charge in [-0.05, 0) is 0 Å². The number of alkyl halides is 1. The monoisotopic (exact) mass is 181 g/mol. The van der Waals surface area contributed by atoms with Crippen molar-refractivity contribution in [3.05, 3.63) is 0 Å². The van der Waals surface area contributed by atoms with E-state index in [0.717, 1.165) is 0 Å². The third-order valence-electron chi connectivity index (χ3n) is 0.780. The first-order chi connectivity index (χ1) is 3.55. The van der Waals surface area contributed by atoms with Gasteiger partial charge in [-0.2, -0.15) is 0 Å². The maximum absolute atomic E-state index is 9.99. The highest BCUT2D eigenvalue weighted by atomic mass is 79.9. The van der Waals surface area contributed by atoms with Gasteiger partial charge in [0.05, 0.1) is 0 Å². The van der Waals surface area contributed by atoms with Crippen LogP contribution in [-0.4, -0.2) is 21.9 Å². The molecule has 0 saturated heterocycles. The van der Waals surface area contributed by atoms with Crippen molar-refractivity contribution >= 4 is 21.9 Å². The van der Waals surface area contributed by atoms with E-state index in [4.69, 9.17) is 10.8 Å². The van der Waals surface area contributed by atoms with E-state index >= 15 is 0 Å². The van der Waals surface area contributed by atoms with Crippen molar-refractivity contribution in [2.24, 2.45) is 5.73 Å². The highest BCUT2D eigenvalue weighted by Gasteiger charge is 2.15. The van der Waals surface area contributed by atoms with Gasteiger partial charge in [-0.25, -0.2) is 0 Å². The topological polar surface area (TPSA) is 63.3 Å². The second-order valence-corrected chi connectivity index (χ2v) is 2.99. The Hall–Kier alpha value is -0.0900. The Morgan fingerprint density at radius 2 is 2.25 bits per heavy atom. The summed E-state index contributed by atoms with van der Waals surface area (Å²) in [5, 5.41) is 8.20. The van der Waals surface area contributed by atoms with E-state index in [9.17, 15) is 4.79 Å². The van der Waals surface area contributed by atoms with Gasteiger partial charge in [0, 0.05) is 4.83 Å². The molecule has 0 heterocycles. The molecular weight excluding hydrogens is 174 g/mol. The highest BCUT2D eigenvalue weighted by Crippen LogP contribution is 2.00. The molecule has 3 N–H and O–H groups in total. The van der Waals surface area contributed by atoms with Gasteiger partial charge in [0.15, 0.2) is 0 Å². The van der Waals surface area contributed by atoms with Gasteiger partial charge in [-0.15, -0.1) is 0 Å². The fourth-order valence-corrected chi connectivity index (χ4v) is 0.423. The summed E-state index contributed by atoms with van der Waals surface area (Å²) < 4.78 is 0. The fourth-order valence-electron chi connectivity index (χ4n) is 0.196. The van der Waals surface area contributed by atoms with Gasteiger partial charge in [-0.1, -0.05) is 22.9 Å². The van der Waals surface area contributed by atoms with Crippen LogP contribution < -0.4 is 5.73 Å². The molecule has 0 aliphatic carbocycles. The van der Waals surface area contributed by atoms with Crippen LogP contribution in [0.1, 0.15) is 6.92 Å². The van der Waals surface area contributed by atoms with Crippen molar-refractivity contribution in [3.8, 4) is 0 Å². The number of rotatable bonds is 2. The third-order valence-corrected chi connectivity index (χ3v) is 1.35. The Bertz CT molecular complexity index is 94.0. The first kappa shape index (κ1) is 7.91. The summed E-state index contributed by atoms with van der Waals surface area (Å²) >= 11 is 3.03. The molecule has 0 spiro atoms. The minimum atomic E-state index is -0.977. The van der Waals surface area contributed by atoms with Crippen LogP contribution in [0.3, 0.4) is 0 Å². The molecule has 0 aliphatic heterocycles. The summed E-state index contributed by atoms with van der Waals surface area (Å²) in [7, 11) is 0. The zero-order valence-electron chi connectivity index (χ0n) is 4.47. The Morgan fingerprint density at radius 1 is 1.88 bits per heavy atom. The molecule has 0 aliphatic rings. The molecule has 8 heavy (non-hydrogen) atoms. The standard InChI is InChI=1S/C4H8BrNO2/c1-2(5)3(6)4(7)8/h2-3H,6H2,1H3,(H,7,8)/t2?,3-/m0/s1. The predicted octanol–water partition coefficient (Wildman–Crippen LogP) is 0.182. The molecule has 0 radical (unpaired) electrons.